The molecule has 0 radical (unpaired) electrons. The third kappa shape index (κ3) is 8.23. The molecule has 3 N–H and O–H groups in total. The highest BCUT2D eigenvalue weighted by atomic mass is 35.5. The zero-order valence-corrected chi connectivity index (χ0v) is 14.0. The Morgan fingerprint density at radius 3 is 2.48 bits per heavy atom. The number of halogens is 4. The van der Waals surface area contributed by atoms with E-state index >= 15 is 0 Å². The third-order valence-electron chi connectivity index (χ3n) is 3.45. The quantitative estimate of drug-likeness (QED) is 0.688. The minimum absolute atomic E-state index is 0. The summed E-state index contributed by atoms with van der Waals surface area (Å²) in [5, 5.41) is 2.73. The summed E-state index contributed by atoms with van der Waals surface area (Å²) in [4.78, 5) is 11.8. The molecule has 0 saturated heterocycles. The summed E-state index contributed by atoms with van der Waals surface area (Å²) in [5.41, 5.74) is 5.13. The first-order valence-electron chi connectivity index (χ1n) is 7.51. The molecule has 0 aromatic heterocycles. The SMILES string of the molecule is CC(NC(=O)CCCCCCN)c1cccc(C(F)(F)F)c1.Cl. The van der Waals surface area contributed by atoms with Crippen LogP contribution in [-0.4, -0.2) is 12.5 Å². The number of carbonyl (C=O) groups excluding carboxylic acids is 1. The maximum Gasteiger partial charge on any atom is 0.416 e. The highest BCUT2D eigenvalue weighted by Gasteiger charge is 2.30. The molecule has 0 aliphatic rings. The Hall–Kier alpha value is -1.27. The number of hydrogen-bond donors (Lipinski definition) is 2. The molecule has 1 aromatic carbocycles. The number of unbranched alkanes of at least 4 members (excludes halogenated alkanes) is 3. The number of hydrogen-bond acceptors (Lipinski definition) is 2. The van der Waals surface area contributed by atoms with Gasteiger partial charge in [0, 0.05) is 6.42 Å². The van der Waals surface area contributed by atoms with Gasteiger partial charge in [0.2, 0.25) is 5.91 Å². The first-order valence-corrected chi connectivity index (χ1v) is 7.51. The predicted molar refractivity (Wildman–Crippen MR) is 87.4 cm³/mol. The molecule has 7 heteroatoms. The van der Waals surface area contributed by atoms with E-state index < -0.39 is 17.8 Å². The normalized spacial score (nSPS) is 12.4. The van der Waals surface area contributed by atoms with Crippen LogP contribution in [0.1, 0.15) is 56.2 Å². The van der Waals surface area contributed by atoms with Gasteiger partial charge in [0.15, 0.2) is 0 Å². The van der Waals surface area contributed by atoms with Crippen LogP contribution in [0.4, 0.5) is 13.2 Å². The van der Waals surface area contributed by atoms with Crippen LogP contribution in [0.5, 0.6) is 0 Å². The summed E-state index contributed by atoms with van der Waals surface area (Å²) < 4.78 is 38.0. The average Bonchev–Trinajstić information content (AvgIpc) is 2.46. The highest BCUT2D eigenvalue weighted by Crippen LogP contribution is 2.30. The van der Waals surface area contributed by atoms with E-state index in [-0.39, 0.29) is 18.3 Å². The lowest BCUT2D eigenvalue weighted by molar-refractivity contribution is -0.137. The summed E-state index contributed by atoms with van der Waals surface area (Å²) in [7, 11) is 0. The van der Waals surface area contributed by atoms with Gasteiger partial charge in [0.25, 0.3) is 0 Å². The number of rotatable bonds is 8. The van der Waals surface area contributed by atoms with Crippen LogP contribution in [0, 0.1) is 0 Å². The predicted octanol–water partition coefficient (Wildman–Crippen LogP) is 4.21. The van der Waals surface area contributed by atoms with Crippen LogP contribution in [0.3, 0.4) is 0 Å². The van der Waals surface area contributed by atoms with Crippen molar-refractivity contribution in [1.29, 1.82) is 0 Å². The minimum atomic E-state index is -4.37. The third-order valence-corrected chi connectivity index (χ3v) is 3.45. The highest BCUT2D eigenvalue weighted by molar-refractivity contribution is 5.85. The molecule has 0 spiro atoms. The van der Waals surface area contributed by atoms with Crippen molar-refractivity contribution < 1.29 is 18.0 Å². The maximum atomic E-state index is 12.7. The molecule has 0 saturated carbocycles. The van der Waals surface area contributed by atoms with Crippen molar-refractivity contribution >= 4 is 18.3 Å². The molecule has 132 valence electrons. The summed E-state index contributed by atoms with van der Waals surface area (Å²) >= 11 is 0. The number of alkyl halides is 3. The molecule has 3 nitrogen and oxygen atoms in total. The summed E-state index contributed by atoms with van der Waals surface area (Å²) in [6, 6.07) is 4.59. The molecule has 0 aliphatic carbocycles. The summed E-state index contributed by atoms with van der Waals surface area (Å²) in [6.07, 6.45) is -0.352. The first kappa shape index (κ1) is 21.7. The van der Waals surface area contributed by atoms with Crippen molar-refractivity contribution in [3.8, 4) is 0 Å². The summed E-state index contributed by atoms with van der Waals surface area (Å²) in [5.74, 6) is -0.141. The number of amides is 1. The Bertz CT molecular complexity index is 481. The molecule has 0 aliphatic heterocycles. The average molecular weight is 353 g/mol. The molecule has 23 heavy (non-hydrogen) atoms. The van der Waals surface area contributed by atoms with Crippen LogP contribution in [0.2, 0.25) is 0 Å². The largest absolute Gasteiger partial charge is 0.416 e. The van der Waals surface area contributed by atoms with Gasteiger partial charge in [0.1, 0.15) is 0 Å². The van der Waals surface area contributed by atoms with Crippen LogP contribution < -0.4 is 11.1 Å². The molecule has 0 fully saturated rings. The van der Waals surface area contributed by atoms with Gasteiger partial charge in [-0.3, -0.25) is 4.79 Å². The van der Waals surface area contributed by atoms with E-state index in [1.165, 1.54) is 6.07 Å². The lowest BCUT2D eigenvalue weighted by atomic mass is 10.0. The van der Waals surface area contributed by atoms with E-state index in [0.717, 1.165) is 37.8 Å². The van der Waals surface area contributed by atoms with E-state index in [9.17, 15) is 18.0 Å². The smallest absolute Gasteiger partial charge is 0.350 e. The van der Waals surface area contributed by atoms with Crippen molar-refractivity contribution in [3.05, 3.63) is 35.4 Å². The van der Waals surface area contributed by atoms with Gasteiger partial charge >= 0.3 is 6.18 Å². The van der Waals surface area contributed by atoms with Crippen LogP contribution in [0.25, 0.3) is 0 Å². The molecule has 0 bridgehead atoms. The van der Waals surface area contributed by atoms with E-state index in [1.807, 2.05) is 0 Å². The fraction of sp³-hybridized carbons (Fsp3) is 0.562. The number of carbonyl (C=O) groups is 1. The van der Waals surface area contributed by atoms with Crippen LogP contribution in [0.15, 0.2) is 24.3 Å². The molecule has 0 heterocycles. The molecule has 1 unspecified atom stereocenters. The molecule has 1 atom stereocenters. The Kier molecular flexibility index (Phi) is 9.91. The molecular formula is C16H24ClF3N2O. The Morgan fingerprint density at radius 2 is 1.87 bits per heavy atom. The lowest BCUT2D eigenvalue weighted by Crippen LogP contribution is -2.26. The number of benzene rings is 1. The number of nitrogens with two attached hydrogens (primary N) is 1. The second kappa shape index (κ2) is 10.5. The van der Waals surface area contributed by atoms with Crippen molar-refractivity contribution in [2.24, 2.45) is 5.73 Å². The standard InChI is InChI=1S/C16H23F3N2O.ClH/c1-12(21-15(22)9-4-2-3-5-10-20)13-7-6-8-14(11-13)16(17,18)19;/h6-8,11-12H,2-5,9-10,20H2,1H3,(H,21,22);1H. The van der Waals surface area contributed by atoms with Gasteiger partial charge in [-0.2, -0.15) is 13.2 Å². The van der Waals surface area contributed by atoms with Gasteiger partial charge in [-0.25, -0.2) is 0 Å². The maximum absolute atomic E-state index is 12.7. The van der Waals surface area contributed by atoms with Crippen LogP contribution >= 0.6 is 12.4 Å². The molecular weight excluding hydrogens is 329 g/mol. The van der Waals surface area contributed by atoms with E-state index in [0.29, 0.717) is 18.5 Å². The van der Waals surface area contributed by atoms with Crippen LogP contribution in [-0.2, 0) is 11.0 Å². The minimum Gasteiger partial charge on any atom is -0.350 e. The van der Waals surface area contributed by atoms with Gasteiger partial charge in [-0.1, -0.05) is 25.0 Å². The van der Waals surface area contributed by atoms with Crippen molar-refractivity contribution in [3.63, 3.8) is 0 Å². The second-order valence-electron chi connectivity index (χ2n) is 5.37. The molecule has 1 amide bonds. The van der Waals surface area contributed by atoms with Crippen molar-refractivity contribution in [2.75, 3.05) is 6.54 Å². The fourth-order valence-corrected chi connectivity index (χ4v) is 2.16. The monoisotopic (exact) mass is 352 g/mol. The van der Waals surface area contributed by atoms with Gasteiger partial charge in [-0.15, -0.1) is 12.4 Å². The Balaban J connectivity index is 0.00000484. The Morgan fingerprint density at radius 1 is 1.22 bits per heavy atom. The lowest BCUT2D eigenvalue weighted by Gasteiger charge is -2.16. The first-order chi connectivity index (χ1) is 10.3. The van der Waals surface area contributed by atoms with Crippen molar-refractivity contribution in [2.45, 2.75) is 51.2 Å². The molecule has 1 aromatic rings. The van der Waals surface area contributed by atoms with E-state index in [1.54, 1.807) is 13.0 Å². The zero-order valence-electron chi connectivity index (χ0n) is 13.2. The molecule has 1 rings (SSSR count). The Labute approximate surface area is 141 Å². The topological polar surface area (TPSA) is 55.1 Å². The zero-order chi connectivity index (χ0) is 16.6. The van der Waals surface area contributed by atoms with Crippen molar-refractivity contribution in [1.82, 2.24) is 5.32 Å². The summed E-state index contributed by atoms with van der Waals surface area (Å²) in [6.45, 7) is 2.33. The van der Waals surface area contributed by atoms with E-state index in [2.05, 4.69) is 5.32 Å². The second-order valence-corrected chi connectivity index (χ2v) is 5.37. The van der Waals surface area contributed by atoms with E-state index in [4.69, 9.17) is 5.73 Å². The fourth-order valence-electron chi connectivity index (χ4n) is 2.16. The number of nitrogens with one attached hydrogen (secondary N) is 1. The van der Waals surface area contributed by atoms with Gasteiger partial charge in [0.05, 0.1) is 11.6 Å². The van der Waals surface area contributed by atoms with Gasteiger partial charge < -0.3 is 11.1 Å². The van der Waals surface area contributed by atoms with Gasteiger partial charge in [-0.05, 0) is 44.0 Å².